The fourth-order valence-corrected chi connectivity index (χ4v) is 3.29. The summed E-state index contributed by atoms with van der Waals surface area (Å²) in [6.07, 6.45) is 2.60. The molecule has 0 amide bonds. The SMILES string of the molecule is CCNC(=NCCOCC1CCCO1)N1CCN(CC(C)C)CC1.I. The van der Waals surface area contributed by atoms with E-state index in [1.54, 1.807) is 0 Å². The molecule has 2 heterocycles. The number of halogens is 1. The summed E-state index contributed by atoms with van der Waals surface area (Å²) in [7, 11) is 0. The molecule has 2 saturated heterocycles. The van der Waals surface area contributed by atoms with Gasteiger partial charge in [-0.3, -0.25) is 9.89 Å². The van der Waals surface area contributed by atoms with Crippen molar-refractivity contribution in [2.75, 3.05) is 65.6 Å². The zero-order valence-corrected chi connectivity index (χ0v) is 18.5. The zero-order valence-electron chi connectivity index (χ0n) is 16.2. The van der Waals surface area contributed by atoms with Crippen molar-refractivity contribution in [3.8, 4) is 0 Å². The molecule has 1 atom stereocenters. The number of rotatable bonds is 8. The van der Waals surface area contributed by atoms with Gasteiger partial charge in [0.1, 0.15) is 0 Å². The van der Waals surface area contributed by atoms with E-state index in [4.69, 9.17) is 14.5 Å². The predicted molar refractivity (Wildman–Crippen MR) is 114 cm³/mol. The summed E-state index contributed by atoms with van der Waals surface area (Å²) < 4.78 is 11.3. The Bertz CT molecular complexity index is 368. The fraction of sp³-hybridized carbons (Fsp3) is 0.944. The summed E-state index contributed by atoms with van der Waals surface area (Å²) in [6.45, 7) is 16.1. The van der Waals surface area contributed by atoms with Gasteiger partial charge < -0.3 is 19.7 Å². The Balaban J connectivity index is 0.00000312. The Kier molecular flexibility index (Phi) is 12.0. The minimum absolute atomic E-state index is 0. The number of guanidine groups is 1. The topological polar surface area (TPSA) is 49.3 Å². The van der Waals surface area contributed by atoms with Crippen molar-refractivity contribution in [1.29, 1.82) is 0 Å². The van der Waals surface area contributed by atoms with Gasteiger partial charge in [-0.15, -0.1) is 24.0 Å². The molecule has 0 aromatic carbocycles. The van der Waals surface area contributed by atoms with Crippen LogP contribution in [0.25, 0.3) is 0 Å². The van der Waals surface area contributed by atoms with Crippen LogP contribution in [0.5, 0.6) is 0 Å². The van der Waals surface area contributed by atoms with Crippen molar-refractivity contribution >= 4 is 29.9 Å². The first kappa shape index (κ1) is 22.9. The highest BCUT2D eigenvalue weighted by Crippen LogP contribution is 2.11. The highest BCUT2D eigenvalue weighted by molar-refractivity contribution is 14.0. The summed E-state index contributed by atoms with van der Waals surface area (Å²) >= 11 is 0. The standard InChI is InChI=1S/C18H36N4O2.HI/c1-4-19-18(20-7-13-23-15-17-6-5-12-24-17)22-10-8-21(9-11-22)14-16(2)3;/h16-17H,4-15H2,1-3H3,(H,19,20);1H. The lowest BCUT2D eigenvalue weighted by molar-refractivity contribution is 0.0199. The van der Waals surface area contributed by atoms with Crippen LogP contribution in [0, 0.1) is 5.92 Å². The molecule has 2 aliphatic rings. The maximum absolute atomic E-state index is 5.71. The molecule has 0 bridgehead atoms. The average molecular weight is 468 g/mol. The second kappa shape index (κ2) is 13.1. The molecular weight excluding hydrogens is 431 g/mol. The van der Waals surface area contributed by atoms with E-state index < -0.39 is 0 Å². The Morgan fingerprint density at radius 3 is 2.64 bits per heavy atom. The van der Waals surface area contributed by atoms with Gasteiger partial charge in [0.15, 0.2) is 5.96 Å². The second-order valence-corrected chi connectivity index (χ2v) is 7.13. The third kappa shape index (κ3) is 8.88. The molecule has 0 aromatic heterocycles. The molecule has 0 aromatic rings. The van der Waals surface area contributed by atoms with Gasteiger partial charge in [-0.25, -0.2) is 0 Å². The average Bonchev–Trinajstić information content (AvgIpc) is 3.07. The van der Waals surface area contributed by atoms with E-state index in [9.17, 15) is 0 Å². The molecule has 1 unspecified atom stereocenters. The molecule has 1 N–H and O–H groups in total. The van der Waals surface area contributed by atoms with Crippen LogP contribution in [0.4, 0.5) is 0 Å². The smallest absolute Gasteiger partial charge is 0.194 e. The number of aliphatic imine (C=N–C) groups is 1. The van der Waals surface area contributed by atoms with E-state index in [1.165, 1.54) is 13.0 Å². The van der Waals surface area contributed by atoms with Crippen molar-refractivity contribution in [3.63, 3.8) is 0 Å². The lowest BCUT2D eigenvalue weighted by Gasteiger charge is -2.37. The van der Waals surface area contributed by atoms with Crippen molar-refractivity contribution in [1.82, 2.24) is 15.1 Å². The number of hydrogen-bond donors (Lipinski definition) is 1. The van der Waals surface area contributed by atoms with E-state index in [0.29, 0.717) is 25.9 Å². The Hall–Kier alpha value is -0.120. The molecule has 2 rings (SSSR count). The first-order valence-electron chi connectivity index (χ1n) is 9.64. The zero-order chi connectivity index (χ0) is 17.2. The molecule has 7 heteroatoms. The van der Waals surface area contributed by atoms with Crippen LogP contribution in [0.1, 0.15) is 33.6 Å². The van der Waals surface area contributed by atoms with Crippen LogP contribution in [0.3, 0.4) is 0 Å². The molecular formula is C18H37IN4O2. The normalized spacial score (nSPS) is 22.3. The maximum Gasteiger partial charge on any atom is 0.194 e. The van der Waals surface area contributed by atoms with E-state index in [1.807, 2.05) is 0 Å². The van der Waals surface area contributed by atoms with Gasteiger partial charge in [-0.05, 0) is 25.7 Å². The Labute approximate surface area is 170 Å². The van der Waals surface area contributed by atoms with E-state index in [0.717, 1.165) is 57.6 Å². The lowest BCUT2D eigenvalue weighted by Crippen LogP contribution is -2.53. The van der Waals surface area contributed by atoms with Gasteiger partial charge in [0, 0.05) is 45.9 Å². The van der Waals surface area contributed by atoms with Gasteiger partial charge in [-0.1, -0.05) is 13.8 Å². The molecule has 148 valence electrons. The Morgan fingerprint density at radius 1 is 1.28 bits per heavy atom. The minimum atomic E-state index is 0. The molecule has 0 saturated carbocycles. The summed E-state index contributed by atoms with van der Waals surface area (Å²) in [4.78, 5) is 9.66. The molecule has 0 aliphatic carbocycles. The largest absolute Gasteiger partial charge is 0.377 e. The molecule has 2 fully saturated rings. The fourth-order valence-electron chi connectivity index (χ4n) is 3.29. The monoisotopic (exact) mass is 468 g/mol. The molecule has 0 spiro atoms. The second-order valence-electron chi connectivity index (χ2n) is 7.13. The maximum atomic E-state index is 5.71. The number of piperazine rings is 1. The third-order valence-electron chi connectivity index (χ3n) is 4.45. The highest BCUT2D eigenvalue weighted by Gasteiger charge is 2.20. The predicted octanol–water partition coefficient (Wildman–Crippen LogP) is 2.04. The minimum Gasteiger partial charge on any atom is -0.377 e. The quantitative estimate of drug-likeness (QED) is 0.256. The van der Waals surface area contributed by atoms with Crippen molar-refractivity contribution < 1.29 is 9.47 Å². The van der Waals surface area contributed by atoms with E-state index in [-0.39, 0.29) is 24.0 Å². The number of nitrogens with zero attached hydrogens (tertiary/aromatic N) is 3. The molecule has 0 radical (unpaired) electrons. The van der Waals surface area contributed by atoms with Crippen LogP contribution < -0.4 is 5.32 Å². The number of nitrogens with one attached hydrogen (secondary N) is 1. The molecule has 6 nitrogen and oxygen atoms in total. The highest BCUT2D eigenvalue weighted by atomic mass is 127. The first-order chi connectivity index (χ1) is 11.7. The van der Waals surface area contributed by atoms with Gasteiger partial charge in [-0.2, -0.15) is 0 Å². The molecule has 25 heavy (non-hydrogen) atoms. The van der Waals surface area contributed by atoms with Crippen LogP contribution in [-0.4, -0.2) is 87.5 Å². The third-order valence-corrected chi connectivity index (χ3v) is 4.45. The van der Waals surface area contributed by atoms with Crippen LogP contribution >= 0.6 is 24.0 Å². The molecule has 2 aliphatic heterocycles. The van der Waals surface area contributed by atoms with Gasteiger partial charge in [0.05, 0.1) is 25.9 Å². The van der Waals surface area contributed by atoms with Crippen LogP contribution in [0.2, 0.25) is 0 Å². The van der Waals surface area contributed by atoms with Gasteiger partial charge in [0.25, 0.3) is 0 Å². The van der Waals surface area contributed by atoms with Gasteiger partial charge in [0.2, 0.25) is 0 Å². The Morgan fingerprint density at radius 2 is 2.04 bits per heavy atom. The van der Waals surface area contributed by atoms with E-state index >= 15 is 0 Å². The first-order valence-corrected chi connectivity index (χ1v) is 9.64. The van der Waals surface area contributed by atoms with Crippen LogP contribution in [0.15, 0.2) is 4.99 Å². The van der Waals surface area contributed by atoms with Crippen molar-refractivity contribution in [2.24, 2.45) is 10.9 Å². The number of hydrogen-bond acceptors (Lipinski definition) is 4. The summed E-state index contributed by atoms with van der Waals surface area (Å²) in [5.41, 5.74) is 0. The van der Waals surface area contributed by atoms with E-state index in [2.05, 4.69) is 35.9 Å². The number of ether oxygens (including phenoxy) is 2. The lowest BCUT2D eigenvalue weighted by atomic mass is 10.2. The van der Waals surface area contributed by atoms with Gasteiger partial charge >= 0.3 is 0 Å². The summed E-state index contributed by atoms with van der Waals surface area (Å²) in [6, 6.07) is 0. The summed E-state index contributed by atoms with van der Waals surface area (Å²) in [5, 5.41) is 3.42. The van der Waals surface area contributed by atoms with Crippen molar-refractivity contribution in [3.05, 3.63) is 0 Å². The van der Waals surface area contributed by atoms with Crippen molar-refractivity contribution in [2.45, 2.75) is 39.7 Å². The summed E-state index contributed by atoms with van der Waals surface area (Å²) in [5.74, 6) is 1.77. The van der Waals surface area contributed by atoms with Crippen LogP contribution in [-0.2, 0) is 9.47 Å².